The van der Waals surface area contributed by atoms with Crippen molar-refractivity contribution in [2.45, 2.75) is 88.9 Å². The normalized spacial score (nSPS) is 24.7. The fourth-order valence-electron chi connectivity index (χ4n) is 10.7. The molecule has 1 saturated carbocycles. The van der Waals surface area contributed by atoms with Gasteiger partial charge >= 0.3 is 6.18 Å². The van der Waals surface area contributed by atoms with Gasteiger partial charge in [-0.25, -0.2) is 19.9 Å². The van der Waals surface area contributed by atoms with Crippen LogP contribution in [0.5, 0.6) is 5.88 Å². The van der Waals surface area contributed by atoms with Crippen LogP contribution in [-0.4, -0.2) is 137 Å². The molecular weight excluding hydrogens is 844 g/mol. The third-order valence-corrected chi connectivity index (χ3v) is 14.5. The number of imide groups is 1. The lowest BCUT2D eigenvalue weighted by molar-refractivity contribution is -0.142. The van der Waals surface area contributed by atoms with Gasteiger partial charge in [0.2, 0.25) is 29.5 Å². The summed E-state index contributed by atoms with van der Waals surface area (Å²) in [6.45, 7) is 7.89. The number of hydrogen-bond donors (Lipinski definition) is 2. The summed E-state index contributed by atoms with van der Waals surface area (Å²) in [4.78, 5) is 79.7. The molecule has 5 aliphatic heterocycles. The molecule has 65 heavy (non-hydrogen) atoms. The molecule has 0 aromatic carbocycles. The lowest BCUT2D eigenvalue weighted by Crippen LogP contribution is -2.52. The number of piperazine rings is 1. The summed E-state index contributed by atoms with van der Waals surface area (Å²) < 4.78 is 46.2. The average molecular weight is 906 g/mol. The second-order valence-electron chi connectivity index (χ2n) is 18.5. The first-order chi connectivity index (χ1) is 31.4. The van der Waals surface area contributed by atoms with Gasteiger partial charge in [0.15, 0.2) is 0 Å². The molecule has 2 N–H and O–H groups in total. The van der Waals surface area contributed by atoms with Crippen molar-refractivity contribution in [1.29, 1.82) is 0 Å². The minimum absolute atomic E-state index is 0. The molecule has 0 radical (unpaired) electrons. The zero-order valence-electron chi connectivity index (χ0n) is 36.9. The molecule has 6 aliphatic rings. The fraction of sp³-hybridized carbons (Fsp3) is 0.609. The second-order valence-corrected chi connectivity index (χ2v) is 18.5. The van der Waals surface area contributed by atoms with Crippen LogP contribution in [0.4, 0.5) is 30.5 Å². The van der Waals surface area contributed by atoms with E-state index in [9.17, 15) is 32.3 Å². The summed E-state index contributed by atoms with van der Waals surface area (Å²) in [7, 11) is 1.17. The van der Waals surface area contributed by atoms with E-state index in [1.807, 2.05) is 26.8 Å². The van der Waals surface area contributed by atoms with E-state index >= 15 is 0 Å². The highest BCUT2D eigenvalue weighted by molar-refractivity contribution is 6.01. The number of aromatic nitrogens is 4. The van der Waals surface area contributed by atoms with Crippen molar-refractivity contribution in [2.75, 3.05) is 87.7 Å². The third kappa shape index (κ3) is 9.99. The summed E-state index contributed by atoms with van der Waals surface area (Å²) in [6, 6.07) is 4.91. The number of nitrogens with one attached hydrogen (secondary N) is 2. The van der Waals surface area contributed by atoms with Gasteiger partial charge in [-0.3, -0.25) is 29.4 Å². The Bertz CT molecular complexity index is 2250. The highest BCUT2D eigenvalue weighted by Gasteiger charge is 2.39. The minimum atomic E-state index is -4.61. The van der Waals surface area contributed by atoms with Crippen molar-refractivity contribution in [1.82, 2.24) is 40.0 Å². The SMILES string of the molecule is COc1ncc(N2CCc3ncnc(N[C@H]4CCN(C(=O)C5CCC(C(=O)N6CCN(CC7CCN(c8cc(C9CCC(=O)NC9=O)ccn8)CC7)CC6)CC5)C4)c3C2)cc1C(F)(F)F.[HH].[HH]. The van der Waals surface area contributed by atoms with Crippen LogP contribution in [-0.2, 0) is 38.3 Å². The van der Waals surface area contributed by atoms with Crippen molar-refractivity contribution in [3.8, 4) is 5.88 Å². The Hall–Kier alpha value is -5.59. The molecule has 3 aromatic heterocycles. The number of carbonyl (C=O) groups excluding carboxylic acids is 4. The molecular formula is C46H62F3N11O5. The number of fused-ring (bicyclic) bond motifs is 1. The number of hydrogen-bond acceptors (Lipinski definition) is 13. The van der Waals surface area contributed by atoms with Gasteiger partial charge in [0.1, 0.15) is 23.5 Å². The molecule has 0 bridgehead atoms. The van der Waals surface area contributed by atoms with E-state index in [-0.39, 0.29) is 50.3 Å². The Morgan fingerprint density at radius 1 is 0.831 bits per heavy atom. The molecule has 0 spiro atoms. The number of pyridine rings is 2. The Kier molecular flexibility index (Phi) is 13.1. The number of nitrogens with zero attached hydrogens (tertiary/aromatic N) is 9. The largest absolute Gasteiger partial charge is 0.481 e. The van der Waals surface area contributed by atoms with Gasteiger partial charge in [0.05, 0.1) is 30.6 Å². The lowest BCUT2D eigenvalue weighted by Gasteiger charge is -2.40. The maximum absolute atomic E-state index is 13.8. The van der Waals surface area contributed by atoms with E-state index in [1.54, 1.807) is 6.20 Å². The summed E-state index contributed by atoms with van der Waals surface area (Å²) in [6.07, 6.45) is 7.12. The van der Waals surface area contributed by atoms with Crippen molar-refractivity contribution < 1.29 is 39.9 Å². The number of ether oxygens (including phenoxy) is 1. The van der Waals surface area contributed by atoms with Crippen LogP contribution in [0.3, 0.4) is 0 Å². The Labute approximate surface area is 379 Å². The van der Waals surface area contributed by atoms with Crippen LogP contribution in [0.25, 0.3) is 0 Å². The molecule has 1 aliphatic carbocycles. The van der Waals surface area contributed by atoms with E-state index in [0.29, 0.717) is 88.5 Å². The van der Waals surface area contributed by atoms with Gasteiger partial charge < -0.3 is 29.7 Å². The van der Waals surface area contributed by atoms with Crippen molar-refractivity contribution in [3.05, 3.63) is 59.3 Å². The van der Waals surface area contributed by atoms with Gasteiger partial charge in [-0.05, 0) is 81.0 Å². The maximum atomic E-state index is 13.8. The van der Waals surface area contributed by atoms with E-state index in [4.69, 9.17) is 4.74 Å². The smallest absolute Gasteiger partial charge is 0.421 e. The fourth-order valence-corrected chi connectivity index (χ4v) is 10.7. The maximum Gasteiger partial charge on any atom is 0.421 e. The Balaban J connectivity index is 0.00000333. The number of amides is 4. The summed E-state index contributed by atoms with van der Waals surface area (Å²) in [5.41, 5.74) is 1.98. The number of rotatable bonds is 10. The van der Waals surface area contributed by atoms with Crippen LogP contribution >= 0.6 is 0 Å². The highest BCUT2D eigenvalue weighted by Crippen LogP contribution is 2.39. The van der Waals surface area contributed by atoms with Gasteiger partial charge in [0.25, 0.3) is 0 Å². The highest BCUT2D eigenvalue weighted by atomic mass is 19.4. The van der Waals surface area contributed by atoms with E-state index < -0.39 is 17.6 Å². The standard InChI is InChI=1S/C46H58F3N11O5.2H2/c1-65-43-37(46(47,48)49)23-34(24-51-43)59-17-12-38-36(27-59)41(53-28-52-38)54-33-11-16-60(26-33)45(64)31-4-2-30(3-5-31)44(63)58-20-18-56(19-21-58)25-29-9-14-57(15-10-29)39-22-32(8-13-50-39)35-6-7-40(61)55-42(35)62;;/h8,13,22-24,28-31,33,35H,2-7,9-12,14-21,25-27H2,1H3,(H,52,53,54)(H,55,61,62);2*1H/t30?,31?,33-,35?;;/m0../s1. The Morgan fingerprint density at radius 3 is 2.28 bits per heavy atom. The van der Waals surface area contributed by atoms with Crippen molar-refractivity contribution in [3.63, 3.8) is 0 Å². The number of likely N-dealkylation sites (tertiary alicyclic amines) is 1. The lowest BCUT2D eigenvalue weighted by atomic mass is 9.80. The predicted octanol–water partition coefficient (Wildman–Crippen LogP) is 4.75. The number of methoxy groups -OCH3 is 1. The first kappa shape index (κ1) is 44.6. The molecule has 3 aromatic rings. The topological polar surface area (TPSA) is 169 Å². The molecule has 5 fully saturated rings. The first-order valence-corrected chi connectivity index (χ1v) is 23.2. The zero-order chi connectivity index (χ0) is 45.2. The average Bonchev–Trinajstić information content (AvgIpc) is 3.79. The van der Waals surface area contributed by atoms with Crippen LogP contribution in [0.15, 0.2) is 36.9 Å². The summed E-state index contributed by atoms with van der Waals surface area (Å²) in [5, 5.41) is 5.98. The van der Waals surface area contributed by atoms with Crippen molar-refractivity contribution >= 4 is 41.0 Å². The second kappa shape index (κ2) is 19.1. The molecule has 2 atom stereocenters. The zero-order valence-corrected chi connectivity index (χ0v) is 36.9. The first-order valence-electron chi connectivity index (χ1n) is 23.2. The number of piperidine rings is 2. The number of halogens is 3. The Morgan fingerprint density at radius 2 is 1.57 bits per heavy atom. The van der Waals surface area contributed by atoms with Gasteiger partial charge in [-0.15, -0.1) is 0 Å². The molecule has 352 valence electrons. The van der Waals surface area contributed by atoms with E-state index in [1.165, 1.54) is 19.6 Å². The quantitative estimate of drug-likeness (QED) is 0.268. The van der Waals surface area contributed by atoms with Crippen LogP contribution in [0.1, 0.15) is 88.9 Å². The van der Waals surface area contributed by atoms with Crippen LogP contribution in [0.2, 0.25) is 0 Å². The summed E-state index contributed by atoms with van der Waals surface area (Å²) in [5.74, 6) is 1.03. The molecule has 4 saturated heterocycles. The van der Waals surface area contributed by atoms with Crippen molar-refractivity contribution in [2.24, 2.45) is 17.8 Å². The van der Waals surface area contributed by atoms with E-state index in [0.717, 1.165) is 93.8 Å². The van der Waals surface area contributed by atoms with Gasteiger partial charge in [0, 0.05) is 117 Å². The molecule has 1 unspecified atom stereocenters. The number of anilines is 3. The van der Waals surface area contributed by atoms with Crippen LogP contribution < -0.4 is 25.2 Å². The van der Waals surface area contributed by atoms with Gasteiger partial charge in [-0.1, -0.05) is 0 Å². The molecule has 16 nitrogen and oxygen atoms in total. The molecule has 8 heterocycles. The molecule has 19 heteroatoms. The number of carbonyl (C=O) groups is 4. The van der Waals surface area contributed by atoms with Crippen LogP contribution in [0, 0.1) is 17.8 Å². The van der Waals surface area contributed by atoms with E-state index in [2.05, 4.69) is 40.4 Å². The third-order valence-electron chi connectivity index (χ3n) is 14.5. The predicted molar refractivity (Wildman–Crippen MR) is 238 cm³/mol. The molecule has 9 rings (SSSR count). The summed E-state index contributed by atoms with van der Waals surface area (Å²) >= 11 is 0. The van der Waals surface area contributed by atoms with Gasteiger partial charge in [-0.2, -0.15) is 13.2 Å². The minimum Gasteiger partial charge on any atom is -0.481 e. The number of alkyl halides is 3. The monoisotopic (exact) mass is 905 g/mol. The molecule has 4 amide bonds.